The smallest absolute Gasteiger partial charge is 0.137 e. The molecule has 0 spiro atoms. The van der Waals surface area contributed by atoms with Gasteiger partial charge in [-0.3, -0.25) is 0 Å². The zero-order valence-electron chi connectivity index (χ0n) is 24.5. The molecule has 10 nitrogen and oxygen atoms in total. The molecule has 0 radical (unpaired) electrons. The van der Waals surface area contributed by atoms with Crippen molar-refractivity contribution < 1.29 is 40.9 Å². The minimum atomic E-state index is -0.321. The summed E-state index contributed by atoms with van der Waals surface area (Å²) >= 11 is 0. The Morgan fingerprint density at radius 3 is 1.18 bits per heavy atom. The number of fused-ring (bicyclic) bond motifs is 2. The van der Waals surface area contributed by atoms with E-state index in [4.69, 9.17) is 0 Å². The standard InChI is InChI=1S/C34H36N2O8/c1-3-35(15-13-19-17-21(37)5-9-25(19)39)23-7-8-24(36(4-2)16-14-20-18-22(38)6-10-26(20)40)30-29(23)33(43)31-27(41)11-12-28(42)32(31)34(30)44/h5-12,17-18,37-44H,3-4,13-16H2,1-2H3. The molecule has 8 N–H and O–H groups in total. The minimum absolute atomic E-state index is 0.0265. The Morgan fingerprint density at radius 2 is 0.818 bits per heavy atom. The fraction of sp³-hybridized carbons (Fsp3) is 0.235. The molecule has 0 amide bonds. The van der Waals surface area contributed by atoms with Crippen molar-refractivity contribution in [3.05, 3.63) is 71.8 Å². The van der Waals surface area contributed by atoms with Gasteiger partial charge in [0.05, 0.1) is 21.5 Å². The molecule has 0 aliphatic carbocycles. The third-order valence-electron chi connectivity index (χ3n) is 8.14. The Morgan fingerprint density at radius 1 is 0.455 bits per heavy atom. The van der Waals surface area contributed by atoms with Gasteiger partial charge in [0, 0.05) is 37.6 Å². The first-order chi connectivity index (χ1) is 21.0. The van der Waals surface area contributed by atoms with Crippen LogP contribution in [0.4, 0.5) is 11.4 Å². The van der Waals surface area contributed by atoms with Crippen LogP contribution in [0.2, 0.25) is 0 Å². The van der Waals surface area contributed by atoms with Gasteiger partial charge in [0.2, 0.25) is 0 Å². The Kier molecular flexibility index (Phi) is 8.26. The third kappa shape index (κ3) is 5.42. The number of phenolic OH excluding ortho intramolecular Hbond substituents is 8. The van der Waals surface area contributed by atoms with Crippen molar-refractivity contribution in [2.45, 2.75) is 26.7 Å². The average Bonchev–Trinajstić information content (AvgIpc) is 3.00. The maximum absolute atomic E-state index is 11.7. The van der Waals surface area contributed by atoms with Crippen LogP contribution in [0.25, 0.3) is 21.5 Å². The molecule has 0 bridgehead atoms. The third-order valence-corrected chi connectivity index (χ3v) is 8.14. The molecule has 0 aliphatic rings. The summed E-state index contributed by atoms with van der Waals surface area (Å²) in [5.41, 5.74) is 2.17. The first kappa shape index (κ1) is 30.1. The fourth-order valence-electron chi connectivity index (χ4n) is 5.85. The quantitative estimate of drug-likeness (QED) is 0.0727. The topological polar surface area (TPSA) is 168 Å². The molecule has 10 heteroatoms. The Bertz CT molecular complexity index is 1720. The van der Waals surface area contributed by atoms with E-state index in [-0.39, 0.29) is 67.5 Å². The van der Waals surface area contributed by atoms with Crippen LogP contribution in [0.1, 0.15) is 25.0 Å². The molecule has 230 valence electrons. The van der Waals surface area contributed by atoms with E-state index in [0.717, 1.165) is 0 Å². The van der Waals surface area contributed by atoms with Crippen LogP contribution in [0.5, 0.6) is 46.0 Å². The lowest BCUT2D eigenvalue weighted by Crippen LogP contribution is -2.27. The van der Waals surface area contributed by atoms with Crippen molar-refractivity contribution in [1.82, 2.24) is 0 Å². The van der Waals surface area contributed by atoms with E-state index in [1.807, 2.05) is 35.8 Å². The van der Waals surface area contributed by atoms with Gasteiger partial charge in [-0.25, -0.2) is 0 Å². The maximum Gasteiger partial charge on any atom is 0.137 e. The molecule has 0 fully saturated rings. The van der Waals surface area contributed by atoms with Gasteiger partial charge in [0.15, 0.2) is 0 Å². The van der Waals surface area contributed by atoms with Crippen LogP contribution in [-0.4, -0.2) is 67.0 Å². The van der Waals surface area contributed by atoms with Gasteiger partial charge in [-0.2, -0.15) is 0 Å². The van der Waals surface area contributed by atoms with Crippen LogP contribution in [-0.2, 0) is 12.8 Å². The van der Waals surface area contributed by atoms with E-state index in [1.54, 1.807) is 0 Å². The van der Waals surface area contributed by atoms with Gasteiger partial charge in [-0.1, -0.05) is 0 Å². The average molecular weight is 601 g/mol. The summed E-state index contributed by atoms with van der Waals surface area (Å²) in [5.74, 6) is -1.13. The largest absolute Gasteiger partial charge is 0.508 e. The number of likely N-dealkylation sites (N-methyl/N-ethyl adjacent to an activating group) is 2. The lowest BCUT2D eigenvalue weighted by molar-refractivity contribution is 0.451. The summed E-state index contributed by atoms with van der Waals surface area (Å²) in [5, 5.41) is 85.7. The van der Waals surface area contributed by atoms with Gasteiger partial charge in [-0.05, 0) is 98.5 Å². The second kappa shape index (κ2) is 12.1. The second-order valence-corrected chi connectivity index (χ2v) is 10.7. The minimum Gasteiger partial charge on any atom is -0.508 e. The van der Waals surface area contributed by atoms with Crippen LogP contribution in [0.15, 0.2) is 60.7 Å². The molecule has 5 rings (SSSR count). The summed E-state index contributed by atoms with van der Waals surface area (Å²) in [6.45, 7) is 5.55. The molecule has 0 atom stereocenters. The van der Waals surface area contributed by atoms with E-state index in [9.17, 15) is 40.9 Å². The molecule has 0 heterocycles. The van der Waals surface area contributed by atoms with Gasteiger partial charge >= 0.3 is 0 Å². The summed E-state index contributed by atoms with van der Waals surface area (Å²) in [6.07, 6.45) is 0.719. The Labute approximate surface area is 254 Å². The van der Waals surface area contributed by atoms with Crippen molar-refractivity contribution in [2.24, 2.45) is 0 Å². The van der Waals surface area contributed by atoms with Gasteiger partial charge in [-0.15, -0.1) is 0 Å². The first-order valence-corrected chi connectivity index (χ1v) is 14.4. The number of rotatable bonds is 10. The molecular formula is C34H36N2O8. The van der Waals surface area contributed by atoms with E-state index in [1.165, 1.54) is 48.5 Å². The number of anilines is 2. The molecule has 5 aromatic carbocycles. The normalized spacial score (nSPS) is 11.3. The predicted molar refractivity (Wildman–Crippen MR) is 171 cm³/mol. The molecule has 0 aromatic heterocycles. The molecular weight excluding hydrogens is 564 g/mol. The zero-order valence-corrected chi connectivity index (χ0v) is 24.5. The fourth-order valence-corrected chi connectivity index (χ4v) is 5.85. The number of nitrogens with zero attached hydrogens (tertiary/aromatic N) is 2. The highest BCUT2D eigenvalue weighted by Crippen LogP contribution is 2.53. The highest BCUT2D eigenvalue weighted by atomic mass is 16.3. The van der Waals surface area contributed by atoms with E-state index in [2.05, 4.69) is 0 Å². The van der Waals surface area contributed by atoms with E-state index >= 15 is 0 Å². The molecule has 5 aromatic rings. The first-order valence-electron chi connectivity index (χ1n) is 14.4. The lowest BCUT2D eigenvalue weighted by atomic mass is 9.95. The molecule has 44 heavy (non-hydrogen) atoms. The molecule has 0 saturated carbocycles. The van der Waals surface area contributed by atoms with Crippen molar-refractivity contribution in [3.63, 3.8) is 0 Å². The second-order valence-electron chi connectivity index (χ2n) is 10.7. The number of benzene rings is 5. The molecule has 0 saturated heterocycles. The summed E-state index contributed by atoms with van der Waals surface area (Å²) in [4.78, 5) is 3.89. The van der Waals surface area contributed by atoms with Crippen LogP contribution in [0.3, 0.4) is 0 Å². The Hall–Kier alpha value is -5.38. The van der Waals surface area contributed by atoms with Gasteiger partial charge in [0.1, 0.15) is 46.0 Å². The van der Waals surface area contributed by atoms with Crippen molar-refractivity contribution in [1.29, 1.82) is 0 Å². The van der Waals surface area contributed by atoms with Crippen molar-refractivity contribution >= 4 is 32.9 Å². The van der Waals surface area contributed by atoms with Crippen molar-refractivity contribution in [3.8, 4) is 46.0 Å². The van der Waals surface area contributed by atoms with E-state index in [0.29, 0.717) is 61.5 Å². The highest BCUT2D eigenvalue weighted by molar-refractivity contribution is 6.21. The number of aromatic hydroxyl groups is 8. The van der Waals surface area contributed by atoms with Gasteiger partial charge < -0.3 is 50.7 Å². The van der Waals surface area contributed by atoms with Crippen LogP contribution >= 0.6 is 0 Å². The number of phenols is 8. The van der Waals surface area contributed by atoms with Crippen LogP contribution in [0, 0.1) is 0 Å². The Balaban J connectivity index is 1.68. The van der Waals surface area contributed by atoms with Crippen LogP contribution < -0.4 is 9.80 Å². The summed E-state index contributed by atoms with van der Waals surface area (Å²) in [7, 11) is 0. The lowest BCUT2D eigenvalue weighted by Gasteiger charge is -2.30. The number of hydrogen-bond acceptors (Lipinski definition) is 10. The molecule has 0 unspecified atom stereocenters. The summed E-state index contributed by atoms with van der Waals surface area (Å²) in [6, 6.07) is 14.7. The monoisotopic (exact) mass is 600 g/mol. The van der Waals surface area contributed by atoms with Crippen molar-refractivity contribution in [2.75, 3.05) is 36.0 Å². The zero-order chi connectivity index (χ0) is 31.7. The SMILES string of the molecule is CCN(CCc1cc(O)ccc1O)c1ccc(N(CC)CCc2cc(O)ccc2O)c2c(O)c3c(O)ccc(O)c3c(O)c12. The number of hydrogen-bond donors (Lipinski definition) is 8. The van der Waals surface area contributed by atoms with E-state index < -0.39 is 0 Å². The maximum atomic E-state index is 11.7. The van der Waals surface area contributed by atoms with Gasteiger partial charge in [0.25, 0.3) is 0 Å². The summed E-state index contributed by atoms with van der Waals surface area (Å²) < 4.78 is 0. The predicted octanol–water partition coefficient (Wildman–Crippen LogP) is 5.78. The molecule has 0 aliphatic heterocycles. The highest BCUT2D eigenvalue weighted by Gasteiger charge is 2.26.